The molecule has 0 bridgehead atoms. The molecule has 6 nitrogen and oxygen atoms in total. The Bertz CT molecular complexity index is 758. The summed E-state index contributed by atoms with van der Waals surface area (Å²) in [5.41, 5.74) is 1.48. The summed E-state index contributed by atoms with van der Waals surface area (Å²) in [7, 11) is 3.90. The summed E-state index contributed by atoms with van der Waals surface area (Å²) in [6, 6.07) is 16.3. The molecule has 0 aliphatic heterocycles. The van der Waals surface area contributed by atoms with Crippen LogP contribution in [0.3, 0.4) is 0 Å². The Hall–Kier alpha value is -2.99. The van der Waals surface area contributed by atoms with E-state index in [0.717, 1.165) is 5.56 Å². The van der Waals surface area contributed by atoms with Gasteiger partial charge in [0, 0.05) is 18.7 Å². The van der Waals surface area contributed by atoms with E-state index in [4.69, 9.17) is 0 Å². The highest BCUT2D eigenvalue weighted by molar-refractivity contribution is 5.92. The fourth-order valence-electron chi connectivity index (χ4n) is 2.49. The standard InChI is InChI=1S/C19H21N3O3/c1-21(2)18(15-8-4-3-5-9-15)14-20-19(23)13-12-16-10-6-7-11-17(16)22(24)25/h3-13,18H,14H2,1-2H3,(H,20,23)/b13-12+. The van der Waals surface area contributed by atoms with E-state index in [0.29, 0.717) is 12.1 Å². The molecule has 0 aliphatic carbocycles. The lowest BCUT2D eigenvalue weighted by Crippen LogP contribution is -2.33. The number of para-hydroxylation sites is 1. The van der Waals surface area contributed by atoms with Crippen LogP contribution in [0.1, 0.15) is 17.2 Å². The summed E-state index contributed by atoms with van der Waals surface area (Å²) in [5.74, 6) is -0.291. The average molecular weight is 339 g/mol. The van der Waals surface area contributed by atoms with Gasteiger partial charge in [-0.25, -0.2) is 0 Å². The van der Waals surface area contributed by atoms with E-state index < -0.39 is 4.92 Å². The van der Waals surface area contributed by atoms with Gasteiger partial charge in [-0.15, -0.1) is 0 Å². The first kappa shape index (κ1) is 18.4. The van der Waals surface area contributed by atoms with Crippen molar-refractivity contribution in [1.29, 1.82) is 0 Å². The molecule has 1 unspecified atom stereocenters. The van der Waals surface area contributed by atoms with Crippen LogP contribution in [0, 0.1) is 10.1 Å². The Labute approximate surface area is 146 Å². The van der Waals surface area contributed by atoms with Gasteiger partial charge in [-0.1, -0.05) is 42.5 Å². The Balaban J connectivity index is 2.01. The molecule has 0 heterocycles. The van der Waals surface area contributed by atoms with Crippen molar-refractivity contribution in [2.45, 2.75) is 6.04 Å². The third kappa shape index (κ3) is 5.26. The molecule has 0 radical (unpaired) electrons. The molecular weight excluding hydrogens is 318 g/mol. The van der Waals surface area contributed by atoms with Crippen molar-refractivity contribution >= 4 is 17.7 Å². The van der Waals surface area contributed by atoms with Crippen molar-refractivity contribution in [2.24, 2.45) is 0 Å². The number of benzene rings is 2. The van der Waals surface area contributed by atoms with Crippen LogP contribution >= 0.6 is 0 Å². The second-order valence-corrected chi connectivity index (χ2v) is 5.78. The monoisotopic (exact) mass is 339 g/mol. The number of nitrogens with one attached hydrogen (secondary N) is 1. The number of nitro groups is 1. The van der Waals surface area contributed by atoms with Gasteiger partial charge in [0.1, 0.15) is 0 Å². The van der Waals surface area contributed by atoms with Crippen molar-refractivity contribution in [3.8, 4) is 0 Å². The fraction of sp³-hybridized carbons (Fsp3) is 0.211. The molecule has 0 spiro atoms. The molecule has 2 rings (SSSR count). The van der Waals surface area contributed by atoms with Crippen LogP contribution in [0.2, 0.25) is 0 Å². The fourth-order valence-corrected chi connectivity index (χ4v) is 2.49. The molecule has 25 heavy (non-hydrogen) atoms. The number of nitrogens with zero attached hydrogens (tertiary/aromatic N) is 2. The van der Waals surface area contributed by atoms with Gasteiger partial charge < -0.3 is 10.2 Å². The molecular formula is C19H21N3O3. The lowest BCUT2D eigenvalue weighted by Gasteiger charge is -2.24. The zero-order valence-corrected chi connectivity index (χ0v) is 14.3. The van der Waals surface area contributed by atoms with Crippen molar-refractivity contribution in [3.05, 3.63) is 81.9 Å². The van der Waals surface area contributed by atoms with E-state index in [-0.39, 0.29) is 17.6 Å². The van der Waals surface area contributed by atoms with E-state index >= 15 is 0 Å². The summed E-state index contributed by atoms with van der Waals surface area (Å²) in [4.78, 5) is 24.6. The average Bonchev–Trinajstić information content (AvgIpc) is 2.61. The molecule has 1 amide bonds. The van der Waals surface area contributed by atoms with Crippen molar-refractivity contribution < 1.29 is 9.72 Å². The number of hydrogen-bond acceptors (Lipinski definition) is 4. The van der Waals surface area contributed by atoms with Gasteiger partial charge in [0.15, 0.2) is 0 Å². The molecule has 1 atom stereocenters. The normalized spacial score (nSPS) is 12.3. The maximum atomic E-state index is 12.1. The zero-order chi connectivity index (χ0) is 18.2. The highest BCUT2D eigenvalue weighted by atomic mass is 16.6. The van der Waals surface area contributed by atoms with Crippen molar-refractivity contribution in [2.75, 3.05) is 20.6 Å². The topological polar surface area (TPSA) is 75.5 Å². The minimum absolute atomic E-state index is 0.0259. The summed E-state index contributed by atoms with van der Waals surface area (Å²) in [5, 5.41) is 13.8. The molecule has 2 aromatic rings. The number of hydrogen-bond donors (Lipinski definition) is 1. The van der Waals surface area contributed by atoms with Crippen LogP contribution in [0.5, 0.6) is 0 Å². The molecule has 0 aliphatic rings. The van der Waals surface area contributed by atoms with Crippen LogP contribution in [0.4, 0.5) is 5.69 Å². The van der Waals surface area contributed by atoms with E-state index in [2.05, 4.69) is 5.32 Å². The minimum atomic E-state index is -0.463. The van der Waals surface area contributed by atoms with E-state index in [9.17, 15) is 14.9 Å². The first-order valence-electron chi connectivity index (χ1n) is 7.89. The lowest BCUT2D eigenvalue weighted by atomic mass is 10.1. The third-order valence-corrected chi connectivity index (χ3v) is 3.83. The first-order chi connectivity index (χ1) is 12.0. The highest BCUT2D eigenvalue weighted by Gasteiger charge is 2.14. The molecule has 6 heteroatoms. The Morgan fingerprint density at radius 3 is 2.44 bits per heavy atom. The predicted octanol–water partition coefficient (Wildman–Crippen LogP) is 3.03. The Morgan fingerprint density at radius 2 is 1.80 bits per heavy atom. The molecule has 1 N–H and O–H groups in total. The van der Waals surface area contributed by atoms with Crippen LogP contribution in [0.15, 0.2) is 60.7 Å². The van der Waals surface area contributed by atoms with Gasteiger partial charge >= 0.3 is 0 Å². The molecule has 0 saturated carbocycles. The minimum Gasteiger partial charge on any atom is -0.351 e. The third-order valence-electron chi connectivity index (χ3n) is 3.83. The number of likely N-dealkylation sites (N-methyl/N-ethyl adjacent to an activating group) is 1. The summed E-state index contributed by atoms with van der Waals surface area (Å²) >= 11 is 0. The number of nitro benzene ring substituents is 1. The number of amides is 1. The largest absolute Gasteiger partial charge is 0.351 e. The molecule has 130 valence electrons. The quantitative estimate of drug-likeness (QED) is 0.478. The predicted molar refractivity (Wildman–Crippen MR) is 98.0 cm³/mol. The van der Waals surface area contributed by atoms with E-state index in [1.165, 1.54) is 18.2 Å². The number of carbonyl (C=O) groups excluding carboxylic acids is 1. The van der Waals surface area contributed by atoms with Gasteiger partial charge in [-0.2, -0.15) is 0 Å². The number of carbonyl (C=O) groups is 1. The highest BCUT2D eigenvalue weighted by Crippen LogP contribution is 2.19. The first-order valence-corrected chi connectivity index (χ1v) is 7.89. The zero-order valence-electron chi connectivity index (χ0n) is 14.3. The molecule has 0 saturated heterocycles. The Kier molecular flexibility index (Phi) is 6.42. The lowest BCUT2D eigenvalue weighted by molar-refractivity contribution is -0.385. The van der Waals surface area contributed by atoms with E-state index in [1.807, 2.05) is 49.3 Å². The van der Waals surface area contributed by atoms with Gasteiger partial charge in [-0.3, -0.25) is 14.9 Å². The molecule has 2 aromatic carbocycles. The molecule has 0 fully saturated rings. The second kappa shape index (κ2) is 8.75. The van der Waals surface area contributed by atoms with Crippen molar-refractivity contribution in [3.63, 3.8) is 0 Å². The maximum absolute atomic E-state index is 12.1. The van der Waals surface area contributed by atoms with Crippen LogP contribution in [0.25, 0.3) is 6.08 Å². The smallest absolute Gasteiger partial charge is 0.276 e. The van der Waals surface area contributed by atoms with E-state index in [1.54, 1.807) is 18.2 Å². The molecule has 0 aromatic heterocycles. The van der Waals surface area contributed by atoms with Crippen LogP contribution in [-0.4, -0.2) is 36.4 Å². The Morgan fingerprint density at radius 1 is 1.16 bits per heavy atom. The van der Waals surface area contributed by atoms with Gasteiger partial charge in [0.25, 0.3) is 5.69 Å². The second-order valence-electron chi connectivity index (χ2n) is 5.78. The van der Waals surface area contributed by atoms with Gasteiger partial charge in [0.05, 0.1) is 16.5 Å². The summed E-state index contributed by atoms with van der Waals surface area (Å²) in [6.07, 6.45) is 2.78. The number of rotatable bonds is 7. The summed E-state index contributed by atoms with van der Waals surface area (Å²) in [6.45, 7) is 0.442. The van der Waals surface area contributed by atoms with Crippen LogP contribution < -0.4 is 5.32 Å². The summed E-state index contributed by atoms with van der Waals surface area (Å²) < 4.78 is 0. The van der Waals surface area contributed by atoms with Crippen molar-refractivity contribution in [1.82, 2.24) is 10.2 Å². The van der Waals surface area contributed by atoms with Crippen LogP contribution in [-0.2, 0) is 4.79 Å². The van der Waals surface area contributed by atoms with Gasteiger partial charge in [0.2, 0.25) is 5.91 Å². The maximum Gasteiger partial charge on any atom is 0.276 e. The van der Waals surface area contributed by atoms with Gasteiger partial charge in [-0.05, 0) is 31.8 Å². The SMILES string of the molecule is CN(C)C(CNC(=O)/C=C/c1ccccc1[N+](=O)[O-])c1ccccc1.